The molecule has 0 spiro atoms. The molecule has 1 aromatic carbocycles. The summed E-state index contributed by atoms with van der Waals surface area (Å²) in [4.78, 5) is 4.14. The minimum Gasteiger partial charge on any atom is -0.323 e. The average Bonchev–Trinajstić information content (AvgIpc) is 2.79. The van der Waals surface area contributed by atoms with Crippen LogP contribution in [0.3, 0.4) is 0 Å². The maximum absolute atomic E-state index is 13.9. The Morgan fingerprint density at radius 3 is 3.00 bits per heavy atom. The van der Waals surface area contributed by atoms with Crippen LogP contribution in [0.2, 0.25) is 0 Å². The van der Waals surface area contributed by atoms with E-state index in [1.165, 1.54) is 6.33 Å². The second kappa shape index (κ2) is 5.58. The van der Waals surface area contributed by atoms with Crippen LogP contribution in [0.25, 0.3) is 0 Å². The summed E-state index contributed by atoms with van der Waals surface area (Å²) in [5.41, 5.74) is 6.52. The Kier molecular flexibility index (Phi) is 4.08. The summed E-state index contributed by atoms with van der Waals surface area (Å²) in [5.74, 6) is 0.455. The van der Waals surface area contributed by atoms with Gasteiger partial charge in [0.25, 0.3) is 0 Å². The van der Waals surface area contributed by atoms with Crippen LogP contribution in [-0.4, -0.2) is 14.8 Å². The van der Waals surface area contributed by atoms with Crippen molar-refractivity contribution in [2.45, 2.75) is 25.9 Å². The molecule has 2 N–H and O–H groups in total. The molecule has 2 rings (SSSR count). The SMILES string of the molecule is CCn1ncnc1CC(N)c1cccc(Br)c1F. The van der Waals surface area contributed by atoms with Gasteiger partial charge in [0.1, 0.15) is 18.0 Å². The summed E-state index contributed by atoms with van der Waals surface area (Å²) in [5, 5.41) is 4.07. The lowest BCUT2D eigenvalue weighted by atomic mass is 10.0. The molecule has 0 aliphatic carbocycles. The van der Waals surface area contributed by atoms with E-state index in [4.69, 9.17) is 5.73 Å². The molecule has 1 atom stereocenters. The number of hydrogen-bond acceptors (Lipinski definition) is 3. The van der Waals surface area contributed by atoms with Gasteiger partial charge in [0.2, 0.25) is 0 Å². The molecule has 18 heavy (non-hydrogen) atoms. The highest BCUT2D eigenvalue weighted by atomic mass is 79.9. The standard InChI is InChI=1S/C12H14BrFN4/c1-2-18-11(16-7-17-18)6-10(15)8-4-3-5-9(13)12(8)14/h3-5,7,10H,2,6,15H2,1H3. The number of aryl methyl sites for hydroxylation is 1. The van der Waals surface area contributed by atoms with Crippen LogP contribution in [0.5, 0.6) is 0 Å². The zero-order chi connectivity index (χ0) is 13.1. The van der Waals surface area contributed by atoms with E-state index in [1.807, 2.05) is 6.92 Å². The average molecular weight is 313 g/mol. The Balaban J connectivity index is 2.22. The van der Waals surface area contributed by atoms with Crippen molar-refractivity contribution >= 4 is 15.9 Å². The maximum atomic E-state index is 13.9. The van der Waals surface area contributed by atoms with Crippen LogP contribution in [0.1, 0.15) is 24.4 Å². The molecule has 1 aromatic heterocycles. The first-order valence-corrected chi connectivity index (χ1v) is 6.49. The highest BCUT2D eigenvalue weighted by molar-refractivity contribution is 9.10. The molecular weight excluding hydrogens is 299 g/mol. The van der Waals surface area contributed by atoms with Gasteiger partial charge < -0.3 is 5.73 Å². The highest BCUT2D eigenvalue weighted by Gasteiger charge is 2.16. The molecule has 1 unspecified atom stereocenters. The van der Waals surface area contributed by atoms with E-state index in [-0.39, 0.29) is 5.82 Å². The van der Waals surface area contributed by atoms with Crippen molar-refractivity contribution in [2.75, 3.05) is 0 Å². The van der Waals surface area contributed by atoms with Gasteiger partial charge >= 0.3 is 0 Å². The summed E-state index contributed by atoms with van der Waals surface area (Å²) >= 11 is 3.16. The summed E-state index contributed by atoms with van der Waals surface area (Å²) in [6, 6.07) is 4.68. The van der Waals surface area contributed by atoms with Crippen LogP contribution >= 0.6 is 15.9 Å². The number of aromatic nitrogens is 3. The van der Waals surface area contributed by atoms with Gasteiger partial charge in [-0.05, 0) is 28.9 Å². The molecule has 4 nitrogen and oxygen atoms in total. The van der Waals surface area contributed by atoms with E-state index in [9.17, 15) is 4.39 Å². The largest absolute Gasteiger partial charge is 0.323 e. The first-order chi connectivity index (χ1) is 8.63. The molecule has 0 amide bonds. The summed E-state index contributed by atoms with van der Waals surface area (Å²) in [7, 11) is 0. The Labute approximate surface area is 113 Å². The monoisotopic (exact) mass is 312 g/mol. The fourth-order valence-electron chi connectivity index (χ4n) is 1.82. The van der Waals surface area contributed by atoms with Crippen LogP contribution in [0, 0.1) is 5.82 Å². The Morgan fingerprint density at radius 2 is 2.28 bits per heavy atom. The number of halogens is 2. The zero-order valence-electron chi connectivity index (χ0n) is 9.98. The van der Waals surface area contributed by atoms with Crippen molar-refractivity contribution in [1.82, 2.24) is 14.8 Å². The number of nitrogens with zero attached hydrogens (tertiary/aromatic N) is 3. The number of rotatable bonds is 4. The van der Waals surface area contributed by atoms with Crippen molar-refractivity contribution in [3.63, 3.8) is 0 Å². The first kappa shape index (κ1) is 13.2. The van der Waals surface area contributed by atoms with E-state index in [0.717, 1.165) is 12.4 Å². The van der Waals surface area contributed by atoms with Gasteiger partial charge in [-0.1, -0.05) is 12.1 Å². The van der Waals surface area contributed by atoms with E-state index < -0.39 is 6.04 Å². The fraction of sp³-hybridized carbons (Fsp3) is 0.333. The van der Waals surface area contributed by atoms with E-state index in [1.54, 1.807) is 22.9 Å². The third kappa shape index (κ3) is 2.59. The van der Waals surface area contributed by atoms with Crippen molar-refractivity contribution < 1.29 is 4.39 Å². The number of hydrogen-bond donors (Lipinski definition) is 1. The van der Waals surface area contributed by atoms with Gasteiger partial charge in [-0.2, -0.15) is 5.10 Å². The van der Waals surface area contributed by atoms with Crippen LogP contribution in [0.4, 0.5) is 4.39 Å². The molecule has 0 radical (unpaired) electrons. The van der Waals surface area contributed by atoms with Gasteiger partial charge in [-0.3, -0.25) is 4.68 Å². The lowest BCUT2D eigenvalue weighted by molar-refractivity contribution is 0.547. The molecule has 2 aromatic rings. The molecular formula is C12H14BrFN4. The molecule has 0 aliphatic rings. The van der Waals surface area contributed by atoms with Crippen LogP contribution < -0.4 is 5.73 Å². The van der Waals surface area contributed by atoms with Crippen molar-refractivity contribution in [3.8, 4) is 0 Å². The van der Waals surface area contributed by atoms with E-state index in [0.29, 0.717) is 16.5 Å². The van der Waals surface area contributed by atoms with E-state index in [2.05, 4.69) is 26.0 Å². The second-order valence-electron chi connectivity index (χ2n) is 3.95. The highest BCUT2D eigenvalue weighted by Crippen LogP contribution is 2.24. The second-order valence-corrected chi connectivity index (χ2v) is 4.80. The lowest BCUT2D eigenvalue weighted by Gasteiger charge is -2.13. The summed E-state index contributed by atoms with van der Waals surface area (Å²) in [6.45, 7) is 2.70. The summed E-state index contributed by atoms with van der Waals surface area (Å²) in [6.07, 6.45) is 1.95. The molecule has 0 aliphatic heterocycles. The van der Waals surface area contributed by atoms with Crippen LogP contribution in [0.15, 0.2) is 29.0 Å². The summed E-state index contributed by atoms with van der Waals surface area (Å²) < 4.78 is 16.1. The van der Waals surface area contributed by atoms with Gasteiger partial charge in [0.15, 0.2) is 0 Å². The first-order valence-electron chi connectivity index (χ1n) is 5.69. The smallest absolute Gasteiger partial charge is 0.142 e. The third-order valence-corrected chi connectivity index (χ3v) is 3.39. The fourth-order valence-corrected chi connectivity index (χ4v) is 2.21. The predicted molar refractivity (Wildman–Crippen MR) is 70.4 cm³/mol. The zero-order valence-corrected chi connectivity index (χ0v) is 11.6. The normalized spacial score (nSPS) is 12.7. The molecule has 1 heterocycles. The molecule has 0 saturated carbocycles. The van der Waals surface area contributed by atoms with Gasteiger partial charge in [0.05, 0.1) is 4.47 Å². The lowest BCUT2D eigenvalue weighted by Crippen LogP contribution is -2.18. The van der Waals surface area contributed by atoms with Crippen molar-refractivity contribution in [3.05, 3.63) is 46.2 Å². The molecule has 0 saturated heterocycles. The molecule has 96 valence electrons. The quantitative estimate of drug-likeness (QED) is 0.943. The van der Waals surface area contributed by atoms with Crippen molar-refractivity contribution in [1.29, 1.82) is 0 Å². The number of benzene rings is 1. The van der Waals surface area contributed by atoms with E-state index >= 15 is 0 Å². The minimum absolute atomic E-state index is 0.312. The molecule has 0 bridgehead atoms. The topological polar surface area (TPSA) is 56.7 Å². The minimum atomic E-state index is -0.433. The Hall–Kier alpha value is -1.27. The Morgan fingerprint density at radius 1 is 1.50 bits per heavy atom. The predicted octanol–water partition coefficient (Wildman–Crippen LogP) is 2.44. The Bertz CT molecular complexity index is 541. The number of nitrogens with two attached hydrogens (primary N) is 1. The third-order valence-electron chi connectivity index (χ3n) is 2.78. The van der Waals surface area contributed by atoms with Gasteiger partial charge in [-0.15, -0.1) is 0 Å². The molecule has 6 heteroatoms. The van der Waals surface area contributed by atoms with Crippen molar-refractivity contribution in [2.24, 2.45) is 5.73 Å². The van der Waals surface area contributed by atoms with Crippen LogP contribution in [-0.2, 0) is 13.0 Å². The van der Waals surface area contributed by atoms with Gasteiger partial charge in [-0.25, -0.2) is 9.37 Å². The van der Waals surface area contributed by atoms with Gasteiger partial charge in [0, 0.05) is 24.6 Å². The molecule has 0 fully saturated rings. The maximum Gasteiger partial charge on any atom is 0.142 e.